The Balaban J connectivity index is 1.66. The number of aliphatic hydroxyl groups excluding tert-OH is 1. The van der Waals surface area contributed by atoms with Gasteiger partial charge in [-0.2, -0.15) is 0 Å². The monoisotopic (exact) mass is 455 g/mol. The average molecular weight is 457 g/mol. The first-order valence-corrected chi connectivity index (χ1v) is 8.92. The molecule has 1 aliphatic rings. The van der Waals surface area contributed by atoms with E-state index in [9.17, 15) is 4.79 Å². The number of aliphatic hydroxyl groups is 1. The van der Waals surface area contributed by atoms with Gasteiger partial charge in [-0.05, 0) is 36.4 Å². The summed E-state index contributed by atoms with van der Waals surface area (Å²) in [5.41, 5.74) is 1.74. The van der Waals surface area contributed by atoms with Crippen LogP contribution < -0.4 is 9.64 Å². The molecule has 0 saturated carbocycles. The second-order valence-electron chi connectivity index (χ2n) is 5.28. The van der Waals surface area contributed by atoms with Gasteiger partial charge in [0.15, 0.2) is 0 Å². The van der Waals surface area contributed by atoms with Gasteiger partial charge in [-0.25, -0.2) is 4.79 Å². The number of amides is 1. The van der Waals surface area contributed by atoms with Crippen LogP contribution >= 0.6 is 31.9 Å². The van der Waals surface area contributed by atoms with Crippen LogP contribution in [-0.2, 0) is 11.3 Å². The van der Waals surface area contributed by atoms with Gasteiger partial charge in [-0.15, -0.1) is 0 Å². The Hall–Kier alpha value is -1.57. The van der Waals surface area contributed by atoms with Gasteiger partial charge in [-0.1, -0.05) is 37.9 Å². The quantitative estimate of drug-likeness (QED) is 0.735. The Labute approximate surface area is 156 Å². The van der Waals surface area contributed by atoms with Gasteiger partial charge >= 0.3 is 6.09 Å². The van der Waals surface area contributed by atoms with Crippen LogP contribution in [0.25, 0.3) is 0 Å². The third-order valence-corrected chi connectivity index (χ3v) is 5.16. The molecule has 1 aliphatic heterocycles. The van der Waals surface area contributed by atoms with Crippen LogP contribution in [0.5, 0.6) is 5.75 Å². The SMILES string of the molecule is O=C1OC(CO)CN1c1ccc(OCc2c(Br)cccc2Br)cc1. The highest BCUT2D eigenvalue weighted by Gasteiger charge is 2.31. The first-order chi connectivity index (χ1) is 11.6. The summed E-state index contributed by atoms with van der Waals surface area (Å²) < 4.78 is 12.8. The highest BCUT2D eigenvalue weighted by atomic mass is 79.9. The molecule has 1 fully saturated rings. The molecule has 1 N–H and O–H groups in total. The fraction of sp³-hybridized carbons (Fsp3) is 0.235. The number of anilines is 1. The van der Waals surface area contributed by atoms with Gasteiger partial charge < -0.3 is 14.6 Å². The molecule has 0 spiro atoms. The lowest BCUT2D eigenvalue weighted by Crippen LogP contribution is -2.25. The summed E-state index contributed by atoms with van der Waals surface area (Å²) in [6.07, 6.45) is -0.916. The molecule has 24 heavy (non-hydrogen) atoms. The van der Waals surface area contributed by atoms with E-state index in [1.165, 1.54) is 4.90 Å². The average Bonchev–Trinajstić information content (AvgIpc) is 2.96. The second-order valence-corrected chi connectivity index (χ2v) is 6.99. The smallest absolute Gasteiger partial charge is 0.414 e. The molecular formula is C17H15Br2NO4. The van der Waals surface area contributed by atoms with Crippen LogP contribution in [0.4, 0.5) is 10.5 Å². The fourth-order valence-corrected chi connectivity index (χ4v) is 3.60. The first-order valence-electron chi connectivity index (χ1n) is 7.33. The van der Waals surface area contributed by atoms with E-state index < -0.39 is 12.2 Å². The fourth-order valence-electron chi connectivity index (χ4n) is 2.38. The van der Waals surface area contributed by atoms with Gasteiger partial charge in [0.05, 0.1) is 13.2 Å². The molecule has 2 aromatic carbocycles. The van der Waals surface area contributed by atoms with Crippen LogP contribution in [-0.4, -0.2) is 30.5 Å². The molecule has 0 radical (unpaired) electrons. The van der Waals surface area contributed by atoms with Gasteiger partial charge in [0.1, 0.15) is 18.5 Å². The Bertz CT molecular complexity index is 716. The number of hydrogen-bond acceptors (Lipinski definition) is 4. The molecule has 3 rings (SSSR count). The van der Waals surface area contributed by atoms with Gasteiger partial charge in [0.25, 0.3) is 0 Å². The number of carbonyl (C=O) groups is 1. The topological polar surface area (TPSA) is 59.0 Å². The second kappa shape index (κ2) is 7.55. The van der Waals surface area contributed by atoms with E-state index in [0.29, 0.717) is 24.6 Å². The standard InChI is InChI=1S/C17H15Br2NO4/c18-15-2-1-3-16(19)14(15)10-23-12-6-4-11(5-7-12)20-8-13(9-21)24-17(20)22/h1-7,13,21H,8-10H2. The molecule has 5 nitrogen and oxygen atoms in total. The summed E-state index contributed by atoms with van der Waals surface area (Å²) in [4.78, 5) is 13.3. The van der Waals surface area contributed by atoms with Crippen molar-refractivity contribution in [3.8, 4) is 5.75 Å². The largest absolute Gasteiger partial charge is 0.489 e. The molecule has 0 aliphatic carbocycles. The molecule has 1 amide bonds. The van der Waals surface area contributed by atoms with E-state index in [2.05, 4.69) is 31.9 Å². The van der Waals surface area contributed by atoms with E-state index in [1.807, 2.05) is 18.2 Å². The lowest BCUT2D eigenvalue weighted by molar-refractivity contribution is 0.0963. The van der Waals surface area contributed by atoms with E-state index in [0.717, 1.165) is 14.5 Å². The molecule has 1 saturated heterocycles. The van der Waals surface area contributed by atoms with Crippen molar-refractivity contribution in [2.45, 2.75) is 12.7 Å². The third-order valence-electron chi connectivity index (χ3n) is 3.67. The van der Waals surface area contributed by atoms with Crippen molar-refractivity contribution in [3.05, 3.63) is 57.0 Å². The molecule has 0 bridgehead atoms. The van der Waals surface area contributed by atoms with Crippen LogP contribution in [0.2, 0.25) is 0 Å². The first kappa shape index (κ1) is 17.3. The zero-order chi connectivity index (χ0) is 17.1. The van der Waals surface area contributed by atoms with Crippen molar-refractivity contribution >= 4 is 43.6 Å². The summed E-state index contributed by atoms with van der Waals surface area (Å²) in [5, 5.41) is 9.08. The van der Waals surface area contributed by atoms with Crippen LogP contribution in [0.1, 0.15) is 5.56 Å². The Morgan fingerprint density at radius 2 is 1.83 bits per heavy atom. The zero-order valence-corrected chi connectivity index (χ0v) is 15.8. The lowest BCUT2D eigenvalue weighted by atomic mass is 10.2. The number of rotatable bonds is 5. The number of benzene rings is 2. The van der Waals surface area contributed by atoms with Crippen molar-refractivity contribution in [3.63, 3.8) is 0 Å². The van der Waals surface area contributed by atoms with Gasteiger partial charge in [0.2, 0.25) is 0 Å². The maximum atomic E-state index is 11.8. The minimum Gasteiger partial charge on any atom is -0.489 e. The predicted octanol–water partition coefficient (Wildman–Crippen LogP) is 4.11. The highest BCUT2D eigenvalue weighted by Crippen LogP contribution is 2.28. The number of carbonyl (C=O) groups excluding carboxylic acids is 1. The van der Waals surface area contributed by atoms with E-state index >= 15 is 0 Å². The van der Waals surface area contributed by atoms with Crippen molar-refractivity contribution in [1.29, 1.82) is 0 Å². The summed E-state index contributed by atoms with van der Waals surface area (Å²) in [6, 6.07) is 13.1. The molecule has 2 aromatic rings. The molecular weight excluding hydrogens is 442 g/mol. The van der Waals surface area contributed by atoms with Gasteiger partial charge in [0, 0.05) is 20.2 Å². The minimum atomic E-state index is -0.471. The maximum Gasteiger partial charge on any atom is 0.414 e. The van der Waals surface area contributed by atoms with Crippen LogP contribution in [0.15, 0.2) is 51.4 Å². The van der Waals surface area contributed by atoms with Crippen molar-refractivity contribution in [1.82, 2.24) is 0 Å². The third kappa shape index (κ3) is 3.74. The van der Waals surface area contributed by atoms with E-state index in [1.54, 1.807) is 24.3 Å². The minimum absolute atomic E-state index is 0.176. The van der Waals surface area contributed by atoms with E-state index in [4.69, 9.17) is 14.6 Å². The lowest BCUT2D eigenvalue weighted by Gasteiger charge is -2.14. The zero-order valence-electron chi connectivity index (χ0n) is 12.6. The summed E-state index contributed by atoms with van der Waals surface area (Å²) in [7, 11) is 0. The Kier molecular flexibility index (Phi) is 5.43. The number of halogens is 2. The molecule has 7 heteroatoms. The number of nitrogens with zero attached hydrogens (tertiary/aromatic N) is 1. The van der Waals surface area contributed by atoms with Crippen molar-refractivity contribution in [2.24, 2.45) is 0 Å². The predicted molar refractivity (Wildman–Crippen MR) is 97.3 cm³/mol. The van der Waals surface area contributed by atoms with Crippen molar-refractivity contribution in [2.75, 3.05) is 18.1 Å². The van der Waals surface area contributed by atoms with Crippen LogP contribution in [0, 0.1) is 0 Å². The van der Waals surface area contributed by atoms with Crippen molar-refractivity contribution < 1.29 is 19.4 Å². The molecule has 1 unspecified atom stereocenters. The normalized spacial score (nSPS) is 17.0. The van der Waals surface area contributed by atoms with Gasteiger partial charge in [-0.3, -0.25) is 4.90 Å². The summed E-state index contributed by atoms with van der Waals surface area (Å²) >= 11 is 7.01. The molecule has 126 valence electrons. The maximum absolute atomic E-state index is 11.8. The number of hydrogen-bond donors (Lipinski definition) is 1. The highest BCUT2D eigenvalue weighted by molar-refractivity contribution is 9.11. The molecule has 1 atom stereocenters. The van der Waals surface area contributed by atoms with E-state index in [-0.39, 0.29) is 6.61 Å². The summed E-state index contributed by atoms with van der Waals surface area (Å²) in [6.45, 7) is 0.587. The number of ether oxygens (including phenoxy) is 2. The molecule has 0 aromatic heterocycles. The molecule has 1 heterocycles. The Morgan fingerprint density at radius 3 is 2.42 bits per heavy atom. The number of cyclic esters (lactones) is 1. The van der Waals surface area contributed by atoms with Crippen LogP contribution in [0.3, 0.4) is 0 Å². The Morgan fingerprint density at radius 1 is 1.17 bits per heavy atom. The summed E-state index contributed by atoms with van der Waals surface area (Å²) in [5.74, 6) is 0.702.